The van der Waals surface area contributed by atoms with Gasteiger partial charge < -0.3 is 14.0 Å². The fraction of sp³-hybridized carbons (Fsp3) is 0.300. The summed E-state index contributed by atoms with van der Waals surface area (Å²) < 4.78 is 16.6. The van der Waals surface area contributed by atoms with E-state index in [0.29, 0.717) is 12.5 Å². The van der Waals surface area contributed by atoms with Gasteiger partial charge in [0.25, 0.3) is 0 Å². The van der Waals surface area contributed by atoms with E-state index < -0.39 is 0 Å². The minimum absolute atomic E-state index is 0.0962. The lowest BCUT2D eigenvalue weighted by atomic mass is 9.96. The summed E-state index contributed by atoms with van der Waals surface area (Å²) in [7, 11) is 1.66. The zero-order chi connectivity index (χ0) is 17.1. The molecule has 1 unspecified atom stereocenters. The molecule has 1 aliphatic heterocycles. The van der Waals surface area contributed by atoms with Gasteiger partial charge in [0.15, 0.2) is 5.82 Å². The van der Waals surface area contributed by atoms with Crippen LogP contribution in [0.25, 0.3) is 0 Å². The van der Waals surface area contributed by atoms with E-state index in [4.69, 9.17) is 14.0 Å². The smallest absolute Gasteiger partial charge is 0.233 e. The molecule has 0 saturated carbocycles. The number of benzene rings is 2. The van der Waals surface area contributed by atoms with Crippen LogP contribution in [-0.2, 0) is 19.3 Å². The van der Waals surface area contributed by atoms with E-state index in [9.17, 15) is 0 Å². The topological polar surface area (TPSA) is 57.4 Å². The molecule has 4 rings (SSSR count). The number of ether oxygens (including phenoxy) is 2. The maximum atomic E-state index is 5.86. The molecule has 0 fully saturated rings. The molecule has 5 heteroatoms. The molecule has 0 aliphatic carbocycles. The van der Waals surface area contributed by atoms with Crippen LogP contribution in [0.15, 0.2) is 53.1 Å². The zero-order valence-electron chi connectivity index (χ0n) is 14.1. The van der Waals surface area contributed by atoms with Crippen molar-refractivity contribution in [3.05, 3.63) is 71.4 Å². The number of fused-ring (bicyclic) bond motifs is 1. The van der Waals surface area contributed by atoms with Crippen LogP contribution in [0.4, 0.5) is 0 Å². The third-order valence-electron chi connectivity index (χ3n) is 4.49. The van der Waals surface area contributed by atoms with Crippen molar-refractivity contribution in [2.24, 2.45) is 0 Å². The molecule has 0 saturated heterocycles. The minimum atomic E-state index is 0.0962. The average Bonchev–Trinajstić information content (AvgIpc) is 3.15. The Balaban J connectivity index is 1.42. The van der Waals surface area contributed by atoms with Gasteiger partial charge in [-0.3, -0.25) is 0 Å². The molecule has 0 bridgehead atoms. The lowest BCUT2D eigenvalue weighted by molar-refractivity contribution is 0.229. The van der Waals surface area contributed by atoms with Crippen molar-refractivity contribution in [2.45, 2.75) is 25.2 Å². The van der Waals surface area contributed by atoms with E-state index in [0.717, 1.165) is 42.1 Å². The first-order valence-corrected chi connectivity index (χ1v) is 8.48. The Morgan fingerprint density at radius 2 is 2.00 bits per heavy atom. The van der Waals surface area contributed by atoms with E-state index in [2.05, 4.69) is 22.3 Å². The van der Waals surface area contributed by atoms with Gasteiger partial charge in [-0.2, -0.15) is 4.98 Å². The molecule has 2 heterocycles. The Bertz CT molecular complexity index is 845. The average molecular weight is 336 g/mol. The first kappa shape index (κ1) is 15.7. The summed E-state index contributed by atoms with van der Waals surface area (Å²) >= 11 is 0. The summed E-state index contributed by atoms with van der Waals surface area (Å²) in [5.41, 5.74) is 2.42. The largest absolute Gasteiger partial charge is 0.497 e. The second-order valence-electron chi connectivity index (χ2n) is 6.22. The van der Waals surface area contributed by atoms with Gasteiger partial charge >= 0.3 is 0 Å². The maximum Gasteiger partial charge on any atom is 0.233 e. The molecule has 2 aromatic carbocycles. The first-order chi connectivity index (χ1) is 12.3. The van der Waals surface area contributed by atoms with Crippen molar-refractivity contribution >= 4 is 0 Å². The summed E-state index contributed by atoms with van der Waals surface area (Å²) in [6.07, 6.45) is 2.51. The highest BCUT2D eigenvalue weighted by atomic mass is 16.5. The third kappa shape index (κ3) is 3.50. The van der Waals surface area contributed by atoms with Crippen LogP contribution >= 0.6 is 0 Å². The van der Waals surface area contributed by atoms with Crippen molar-refractivity contribution in [3.63, 3.8) is 0 Å². The molecule has 0 radical (unpaired) electrons. The van der Waals surface area contributed by atoms with Crippen LogP contribution in [0.1, 0.15) is 28.8 Å². The lowest BCUT2D eigenvalue weighted by Gasteiger charge is -2.23. The standard InChI is InChI=1S/C20H20N2O3/c1-23-17-9-8-15-11-16(13-24-18(15)12-17)20-21-19(22-25-20)10-7-14-5-3-2-4-6-14/h2-6,8-9,12,16H,7,10-11,13H2,1H3. The number of aryl methyl sites for hydroxylation is 2. The predicted molar refractivity (Wildman–Crippen MR) is 93.1 cm³/mol. The van der Waals surface area contributed by atoms with Crippen molar-refractivity contribution in [1.29, 1.82) is 0 Å². The van der Waals surface area contributed by atoms with Crippen molar-refractivity contribution in [1.82, 2.24) is 10.1 Å². The molecule has 0 amide bonds. The predicted octanol–water partition coefficient (Wildman–Crippen LogP) is 3.58. The number of rotatable bonds is 5. The Labute approximate surface area is 146 Å². The molecule has 128 valence electrons. The maximum absolute atomic E-state index is 5.86. The molecule has 1 aliphatic rings. The zero-order valence-corrected chi connectivity index (χ0v) is 14.1. The normalized spacial score (nSPS) is 16.1. The Hall–Kier alpha value is -2.82. The molecule has 25 heavy (non-hydrogen) atoms. The number of methoxy groups -OCH3 is 1. The van der Waals surface area contributed by atoms with E-state index in [1.807, 2.05) is 36.4 Å². The van der Waals surface area contributed by atoms with Crippen molar-refractivity contribution in [3.8, 4) is 11.5 Å². The number of nitrogens with zero attached hydrogens (tertiary/aromatic N) is 2. The molecule has 5 nitrogen and oxygen atoms in total. The lowest BCUT2D eigenvalue weighted by Crippen LogP contribution is -2.19. The number of aromatic nitrogens is 2. The van der Waals surface area contributed by atoms with Crippen molar-refractivity contribution in [2.75, 3.05) is 13.7 Å². The van der Waals surface area contributed by atoms with Crippen LogP contribution in [0.3, 0.4) is 0 Å². The van der Waals surface area contributed by atoms with Gasteiger partial charge in [0.2, 0.25) is 5.89 Å². The fourth-order valence-electron chi connectivity index (χ4n) is 3.07. The Kier molecular flexibility index (Phi) is 4.37. The van der Waals surface area contributed by atoms with Crippen LogP contribution in [-0.4, -0.2) is 23.9 Å². The van der Waals surface area contributed by atoms with Crippen LogP contribution in [0, 0.1) is 0 Å². The molecule has 3 aromatic rings. The molecule has 1 atom stereocenters. The minimum Gasteiger partial charge on any atom is -0.497 e. The molecule has 1 aromatic heterocycles. The summed E-state index contributed by atoms with van der Waals surface area (Å²) in [5.74, 6) is 3.18. The van der Waals surface area contributed by atoms with Gasteiger partial charge in [-0.05, 0) is 30.0 Å². The highest BCUT2D eigenvalue weighted by Gasteiger charge is 2.26. The highest BCUT2D eigenvalue weighted by molar-refractivity contribution is 5.42. The summed E-state index contributed by atoms with van der Waals surface area (Å²) in [4.78, 5) is 4.57. The SMILES string of the molecule is COc1ccc2c(c1)OCC(c1nc(CCc3ccccc3)no1)C2. The van der Waals surface area contributed by atoms with Crippen LogP contribution < -0.4 is 9.47 Å². The summed E-state index contributed by atoms with van der Waals surface area (Å²) in [6, 6.07) is 16.2. The van der Waals surface area contributed by atoms with Gasteiger partial charge in [0.05, 0.1) is 13.0 Å². The van der Waals surface area contributed by atoms with E-state index >= 15 is 0 Å². The molecule has 0 spiro atoms. The monoisotopic (exact) mass is 336 g/mol. The highest BCUT2D eigenvalue weighted by Crippen LogP contribution is 2.34. The second-order valence-corrected chi connectivity index (χ2v) is 6.22. The van der Waals surface area contributed by atoms with Gasteiger partial charge in [0.1, 0.15) is 18.1 Å². The Morgan fingerprint density at radius 3 is 2.84 bits per heavy atom. The van der Waals surface area contributed by atoms with Crippen LogP contribution in [0.2, 0.25) is 0 Å². The van der Waals surface area contributed by atoms with Gasteiger partial charge in [0, 0.05) is 12.5 Å². The molecular weight excluding hydrogens is 316 g/mol. The van der Waals surface area contributed by atoms with Gasteiger partial charge in [-0.1, -0.05) is 41.6 Å². The fourth-order valence-corrected chi connectivity index (χ4v) is 3.07. The first-order valence-electron chi connectivity index (χ1n) is 8.48. The van der Waals surface area contributed by atoms with Crippen LogP contribution in [0.5, 0.6) is 11.5 Å². The summed E-state index contributed by atoms with van der Waals surface area (Å²) in [5, 5.41) is 4.13. The molecule has 0 N–H and O–H groups in total. The number of hydrogen-bond acceptors (Lipinski definition) is 5. The summed E-state index contributed by atoms with van der Waals surface area (Å²) in [6.45, 7) is 0.542. The second kappa shape index (κ2) is 6.97. The van der Waals surface area contributed by atoms with Crippen molar-refractivity contribution < 1.29 is 14.0 Å². The van der Waals surface area contributed by atoms with Gasteiger partial charge in [-0.25, -0.2) is 0 Å². The van der Waals surface area contributed by atoms with Gasteiger partial charge in [-0.15, -0.1) is 0 Å². The van der Waals surface area contributed by atoms with E-state index in [1.165, 1.54) is 5.56 Å². The number of hydrogen-bond donors (Lipinski definition) is 0. The van der Waals surface area contributed by atoms with E-state index in [-0.39, 0.29) is 5.92 Å². The van der Waals surface area contributed by atoms with E-state index in [1.54, 1.807) is 7.11 Å². The Morgan fingerprint density at radius 1 is 1.12 bits per heavy atom. The molecular formula is C20H20N2O3. The third-order valence-corrected chi connectivity index (χ3v) is 4.49. The quantitative estimate of drug-likeness (QED) is 0.713.